The molecule has 144 valence electrons. The van der Waals surface area contributed by atoms with E-state index in [9.17, 15) is 9.18 Å². The minimum atomic E-state index is -0.318. The number of nitrogens with zero attached hydrogens (tertiary/aromatic N) is 3. The van der Waals surface area contributed by atoms with Crippen molar-refractivity contribution >= 4 is 38.6 Å². The van der Waals surface area contributed by atoms with Gasteiger partial charge in [0.1, 0.15) is 11.6 Å². The molecule has 1 aliphatic heterocycles. The molecule has 0 radical (unpaired) electrons. The molecule has 0 unspecified atom stereocenters. The molecule has 1 aromatic carbocycles. The Hall–Kier alpha value is -2.54. The van der Waals surface area contributed by atoms with E-state index in [0.29, 0.717) is 16.5 Å². The third-order valence-electron chi connectivity index (χ3n) is 5.10. The standard InChI is InChI=1S/C21H20BrFN4O/c22-17-10-16-3-4-20(26-19(16)11-18(17)23)27-8-5-15(6-9-27)21(28)25-13-14-2-1-7-24-12-14/h1-4,7,10-12,15H,5-6,8-9,13H2,(H,25,28). The maximum atomic E-state index is 13.8. The Morgan fingerprint density at radius 1 is 1.25 bits per heavy atom. The van der Waals surface area contributed by atoms with Gasteiger partial charge in [-0.05, 0) is 58.6 Å². The summed E-state index contributed by atoms with van der Waals surface area (Å²) in [6.45, 7) is 2.01. The monoisotopic (exact) mass is 442 g/mol. The number of hydrogen-bond acceptors (Lipinski definition) is 4. The number of benzene rings is 1. The molecule has 7 heteroatoms. The van der Waals surface area contributed by atoms with Crippen LogP contribution in [0.15, 0.2) is 53.3 Å². The summed E-state index contributed by atoms with van der Waals surface area (Å²) in [5, 5.41) is 3.89. The van der Waals surface area contributed by atoms with Gasteiger partial charge in [-0.3, -0.25) is 9.78 Å². The number of halogens is 2. The number of pyridine rings is 2. The molecule has 0 spiro atoms. The molecule has 0 aliphatic carbocycles. The zero-order chi connectivity index (χ0) is 19.5. The number of amides is 1. The summed E-state index contributed by atoms with van der Waals surface area (Å²) in [6.07, 6.45) is 5.02. The van der Waals surface area contributed by atoms with E-state index in [1.165, 1.54) is 6.07 Å². The number of nitrogens with one attached hydrogen (secondary N) is 1. The van der Waals surface area contributed by atoms with Crippen LogP contribution >= 0.6 is 15.9 Å². The molecule has 1 amide bonds. The normalized spacial score (nSPS) is 15.0. The molecule has 5 nitrogen and oxygen atoms in total. The lowest BCUT2D eigenvalue weighted by molar-refractivity contribution is -0.125. The molecule has 28 heavy (non-hydrogen) atoms. The fourth-order valence-corrected chi connectivity index (χ4v) is 3.85. The van der Waals surface area contributed by atoms with E-state index in [0.717, 1.165) is 42.7 Å². The molecular weight excluding hydrogens is 423 g/mol. The maximum absolute atomic E-state index is 13.8. The van der Waals surface area contributed by atoms with Crippen molar-refractivity contribution < 1.29 is 9.18 Å². The van der Waals surface area contributed by atoms with E-state index in [2.05, 4.69) is 36.1 Å². The lowest BCUT2D eigenvalue weighted by Gasteiger charge is -2.32. The highest BCUT2D eigenvalue weighted by molar-refractivity contribution is 9.10. The van der Waals surface area contributed by atoms with Crippen LogP contribution in [0.3, 0.4) is 0 Å². The molecule has 4 rings (SSSR count). The number of anilines is 1. The zero-order valence-electron chi connectivity index (χ0n) is 15.2. The van der Waals surface area contributed by atoms with E-state index >= 15 is 0 Å². The summed E-state index contributed by atoms with van der Waals surface area (Å²) >= 11 is 3.20. The second kappa shape index (κ2) is 8.22. The Kier molecular flexibility index (Phi) is 5.52. The number of fused-ring (bicyclic) bond motifs is 1. The van der Waals surface area contributed by atoms with Gasteiger partial charge in [-0.15, -0.1) is 0 Å². The number of aromatic nitrogens is 2. The fourth-order valence-electron chi connectivity index (χ4n) is 3.49. The number of rotatable bonds is 4. The van der Waals surface area contributed by atoms with Crippen molar-refractivity contribution in [3.63, 3.8) is 0 Å². The Bertz CT molecular complexity index is 990. The van der Waals surface area contributed by atoms with Crippen molar-refractivity contribution in [2.75, 3.05) is 18.0 Å². The second-order valence-electron chi connectivity index (χ2n) is 6.97. The molecule has 0 saturated carbocycles. The van der Waals surface area contributed by atoms with Gasteiger partial charge in [0.15, 0.2) is 0 Å². The number of carbonyl (C=O) groups is 1. The van der Waals surface area contributed by atoms with Gasteiger partial charge in [0, 0.05) is 49.4 Å². The van der Waals surface area contributed by atoms with Crippen LogP contribution in [-0.4, -0.2) is 29.0 Å². The van der Waals surface area contributed by atoms with E-state index < -0.39 is 0 Å². The summed E-state index contributed by atoms with van der Waals surface area (Å²) in [7, 11) is 0. The Balaban J connectivity index is 1.36. The Labute approximate surface area is 171 Å². The van der Waals surface area contributed by atoms with Crippen LogP contribution in [0, 0.1) is 11.7 Å². The Morgan fingerprint density at radius 2 is 2.07 bits per heavy atom. The molecule has 2 aromatic heterocycles. The van der Waals surface area contributed by atoms with Gasteiger partial charge in [-0.1, -0.05) is 6.07 Å². The smallest absolute Gasteiger partial charge is 0.223 e. The van der Waals surface area contributed by atoms with Crippen molar-refractivity contribution in [3.05, 3.63) is 64.6 Å². The first-order chi connectivity index (χ1) is 13.6. The summed E-state index contributed by atoms with van der Waals surface area (Å²) in [4.78, 5) is 23.3. The summed E-state index contributed by atoms with van der Waals surface area (Å²) in [5.74, 6) is 0.591. The quantitative estimate of drug-likeness (QED) is 0.661. The minimum absolute atomic E-state index is 0.00165. The Morgan fingerprint density at radius 3 is 2.82 bits per heavy atom. The van der Waals surface area contributed by atoms with E-state index in [-0.39, 0.29) is 17.6 Å². The van der Waals surface area contributed by atoms with Crippen LogP contribution in [0.2, 0.25) is 0 Å². The van der Waals surface area contributed by atoms with Gasteiger partial charge in [-0.2, -0.15) is 0 Å². The number of piperidine rings is 1. The van der Waals surface area contributed by atoms with Gasteiger partial charge in [0.2, 0.25) is 5.91 Å². The second-order valence-corrected chi connectivity index (χ2v) is 7.82. The highest BCUT2D eigenvalue weighted by Crippen LogP contribution is 2.27. The highest BCUT2D eigenvalue weighted by atomic mass is 79.9. The summed E-state index contributed by atoms with van der Waals surface area (Å²) in [5.41, 5.74) is 1.63. The fraction of sp³-hybridized carbons (Fsp3) is 0.286. The van der Waals surface area contributed by atoms with Crippen molar-refractivity contribution in [2.24, 2.45) is 5.92 Å². The lowest BCUT2D eigenvalue weighted by atomic mass is 9.96. The van der Waals surface area contributed by atoms with Crippen LogP contribution in [-0.2, 0) is 11.3 Å². The average Bonchev–Trinajstić information content (AvgIpc) is 2.73. The van der Waals surface area contributed by atoms with Crippen molar-refractivity contribution in [1.82, 2.24) is 15.3 Å². The van der Waals surface area contributed by atoms with Crippen molar-refractivity contribution in [2.45, 2.75) is 19.4 Å². The van der Waals surface area contributed by atoms with Gasteiger partial charge in [0.05, 0.1) is 9.99 Å². The summed E-state index contributed by atoms with van der Waals surface area (Å²) in [6, 6.07) is 10.9. The van der Waals surface area contributed by atoms with E-state index in [1.807, 2.05) is 24.3 Å². The average molecular weight is 443 g/mol. The van der Waals surface area contributed by atoms with Crippen LogP contribution in [0.25, 0.3) is 10.9 Å². The largest absolute Gasteiger partial charge is 0.357 e. The molecular formula is C21H20BrFN4O. The van der Waals surface area contributed by atoms with Crippen LogP contribution < -0.4 is 10.2 Å². The molecule has 3 heterocycles. The maximum Gasteiger partial charge on any atom is 0.223 e. The summed E-state index contributed by atoms with van der Waals surface area (Å²) < 4.78 is 14.2. The zero-order valence-corrected chi connectivity index (χ0v) is 16.8. The minimum Gasteiger partial charge on any atom is -0.357 e. The third kappa shape index (κ3) is 4.14. The first-order valence-electron chi connectivity index (χ1n) is 9.27. The molecule has 3 aromatic rings. The molecule has 1 aliphatic rings. The van der Waals surface area contributed by atoms with Gasteiger partial charge in [-0.25, -0.2) is 9.37 Å². The van der Waals surface area contributed by atoms with Crippen LogP contribution in [0.5, 0.6) is 0 Å². The lowest BCUT2D eigenvalue weighted by Crippen LogP contribution is -2.40. The van der Waals surface area contributed by atoms with Gasteiger partial charge in [0.25, 0.3) is 0 Å². The van der Waals surface area contributed by atoms with Crippen molar-refractivity contribution in [1.29, 1.82) is 0 Å². The van der Waals surface area contributed by atoms with Crippen molar-refractivity contribution in [3.8, 4) is 0 Å². The SMILES string of the molecule is O=C(NCc1cccnc1)C1CCN(c2ccc3cc(Br)c(F)cc3n2)CC1. The molecule has 1 fully saturated rings. The van der Waals surface area contributed by atoms with E-state index in [1.54, 1.807) is 18.5 Å². The number of hydrogen-bond donors (Lipinski definition) is 1. The third-order valence-corrected chi connectivity index (χ3v) is 5.70. The molecule has 0 atom stereocenters. The predicted octanol–water partition coefficient (Wildman–Crippen LogP) is 4.06. The predicted molar refractivity (Wildman–Crippen MR) is 110 cm³/mol. The molecule has 1 saturated heterocycles. The van der Waals surface area contributed by atoms with E-state index in [4.69, 9.17) is 0 Å². The van der Waals surface area contributed by atoms with Gasteiger partial charge < -0.3 is 10.2 Å². The van der Waals surface area contributed by atoms with Crippen LogP contribution in [0.1, 0.15) is 18.4 Å². The highest BCUT2D eigenvalue weighted by Gasteiger charge is 2.25. The van der Waals surface area contributed by atoms with Crippen LogP contribution in [0.4, 0.5) is 10.2 Å². The topological polar surface area (TPSA) is 58.1 Å². The first kappa shape index (κ1) is 18.8. The molecule has 1 N–H and O–H groups in total. The molecule has 0 bridgehead atoms. The first-order valence-corrected chi connectivity index (χ1v) is 10.1. The number of carbonyl (C=O) groups excluding carboxylic acids is 1. The van der Waals surface area contributed by atoms with Gasteiger partial charge >= 0.3 is 0 Å².